The van der Waals surface area contributed by atoms with Crippen LogP contribution in [0.25, 0.3) is 10.2 Å². The molecule has 0 aliphatic carbocycles. The van der Waals surface area contributed by atoms with Gasteiger partial charge >= 0.3 is 0 Å². The second kappa shape index (κ2) is 6.68. The summed E-state index contributed by atoms with van der Waals surface area (Å²) in [6, 6.07) is 2.10. The average Bonchev–Trinajstić information content (AvgIpc) is 2.97. The van der Waals surface area contributed by atoms with Crippen LogP contribution in [0.3, 0.4) is 0 Å². The molecule has 1 aliphatic rings. The molecule has 1 saturated heterocycles. The van der Waals surface area contributed by atoms with Gasteiger partial charge in [-0.05, 0) is 24.9 Å². The third-order valence-electron chi connectivity index (χ3n) is 3.99. The van der Waals surface area contributed by atoms with Gasteiger partial charge in [0.15, 0.2) is 0 Å². The normalized spacial score (nSPS) is 17.4. The van der Waals surface area contributed by atoms with E-state index < -0.39 is 0 Å². The molecule has 0 saturated carbocycles. The zero-order valence-electron chi connectivity index (χ0n) is 12.8. The number of hydrogen-bond acceptors (Lipinski definition) is 6. The van der Waals surface area contributed by atoms with Crippen molar-refractivity contribution in [2.24, 2.45) is 0 Å². The molecule has 0 unspecified atom stereocenters. The lowest BCUT2D eigenvalue weighted by molar-refractivity contribution is 0.129. The van der Waals surface area contributed by atoms with E-state index >= 15 is 0 Å². The molecular formula is C15H23N5S. The number of aromatic nitrogens is 2. The molecule has 1 fully saturated rings. The number of thiophene rings is 1. The van der Waals surface area contributed by atoms with E-state index in [-0.39, 0.29) is 0 Å². The Labute approximate surface area is 130 Å². The van der Waals surface area contributed by atoms with Crippen molar-refractivity contribution in [2.45, 2.75) is 20.4 Å². The number of anilines is 1. The highest BCUT2D eigenvalue weighted by atomic mass is 32.1. The molecule has 21 heavy (non-hydrogen) atoms. The zero-order valence-corrected chi connectivity index (χ0v) is 13.6. The van der Waals surface area contributed by atoms with Crippen LogP contribution in [0.15, 0.2) is 11.4 Å². The molecule has 0 amide bonds. The zero-order chi connectivity index (χ0) is 14.7. The van der Waals surface area contributed by atoms with Crippen molar-refractivity contribution < 1.29 is 0 Å². The monoisotopic (exact) mass is 305 g/mol. The summed E-state index contributed by atoms with van der Waals surface area (Å²) in [4.78, 5) is 15.5. The fourth-order valence-corrected chi connectivity index (χ4v) is 3.52. The van der Waals surface area contributed by atoms with Crippen LogP contribution >= 0.6 is 11.3 Å². The van der Waals surface area contributed by atoms with Gasteiger partial charge in [0.05, 0.1) is 11.9 Å². The first-order valence-corrected chi connectivity index (χ1v) is 8.60. The van der Waals surface area contributed by atoms with Crippen molar-refractivity contribution in [3.05, 3.63) is 17.3 Å². The molecule has 0 spiro atoms. The van der Waals surface area contributed by atoms with Gasteiger partial charge in [0.25, 0.3) is 0 Å². The predicted molar refractivity (Wildman–Crippen MR) is 89.0 cm³/mol. The Hall–Kier alpha value is -1.24. The van der Waals surface area contributed by atoms with Crippen molar-refractivity contribution in [1.82, 2.24) is 19.8 Å². The van der Waals surface area contributed by atoms with Gasteiger partial charge in [-0.3, -0.25) is 4.90 Å². The lowest BCUT2D eigenvalue weighted by Crippen LogP contribution is -2.45. The van der Waals surface area contributed by atoms with Crippen molar-refractivity contribution in [2.75, 3.05) is 44.6 Å². The Kier molecular flexibility index (Phi) is 4.67. The van der Waals surface area contributed by atoms with Gasteiger partial charge in [-0.1, -0.05) is 6.92 Å². The molecular weight excluding hydrogens is 282 g/mol. The fraction of sp³-hybridized carbons (Fsp3) is 0.600. The van der Waals surface area contributed by atoms with Gasteiger partial charge in [-0.25, -0.2) is 9.97 Å². The summed E-state index contributed by atoms with van der Waals surface area (Å²) in [5, 5.41) is 6.59. The molecule has 1 aliphatic heterocycles. The summed E-state index contributed by atoms with van der Waals surface area (Å²) in [6.45, 7) is 11.7. The van der Waals surface area contributed by atoms with Crippen LogP contribution in [0.1, 0.15) is 19.7 Å². The number of rotatable bonds is 5. The third-order valence-corrected chi connectivity index (χ3v) is 4.80. The van der Waals surface area contributed by atoms with E-state index in [1.807, 2.05) is 0 Å². The SMILES string of the molecule is CCNc1nc(CN2CCN(CC)CC2)nc2sccc12. The molecule has 3 heterocycles. The van der Waals surface area contributed by atoms with E-state index in [4.69, 9.17) is 9.97 Å². The first-order valence-electron chi connectivity index (χ1n) is 7.72. The number of nitrogens with zero attached hydrogens (tertiary/aromatic N) is 4. The quantitative estimate of drug-likeness (QED) is 0.918. The maximum Gasteiger partial charge on any atom is 0.146 e. The molecule has 3 rings (SSSR count). The van der Waals surface area contributed by atoms with E-state index in [0.717, 1.165) is 67.7 Å². The van der Waals surface area contributed by atoms with Crippen LogP contribution in [0.2, 0.25) is 0 Å². The van der Waals surface area contributed by atoms with E-state index in [1.165, 1.54) is 0 Å². The van der Waals surface area contributed by atoms with E-state index in [0.29, 0.717) is 0 Å². The molecule has 6 heteroatoms. The molecule has 0 atom stereocenters. The van der Waals surface area contributed by atoms with Crippen molar-refractivity contribution in [3.63, 3.8) is 0 Å². The average molecular weight is 305 g/mol. The minimum atomic E-state index is 0.851. The Morgan fingerprint density at radius 1 is 1.14 bits per heavy atom. The fourth-order valence-electron chi connectivity index (χ4n) is 2.74. The highest BCUT2D eigenvalue weighted by molar-refractivity contribution is 7.16. The summed E-state index contributed by atoms with van der Waals surface area (Å²) in [5.41, 5.74) is 0. The summed E-state index contributed by atoms with van der Waals surface area (Å²) < 4.78 is 0. The van der Waals surface area contributed by atoms with Crippen molar-refractivity contribution in [3.8, 4) is 0 Å². The Morgan fingerprint density at radius 2 is 1.90 bits per heavy atom. The van der Waals surface area contributed by atoms with Crippen LogP contribution < -0.4 is 5.32 Å². The third kappa shape index (κ3) is 3.33. The van der Waals surface area contributed by atoms with Gasteiger partial charge in [0, 0.05) is 32.7 Å². The Morgan fingerprint density at radius 3 is 2.62 bits per heavy atom. The van der Waals surface area contributed by atoms with Crippen LogP contribution in [0.4, 0.5) is 5.82 Å². The molecule has 0 aromatic carbocycles. The Balaban J connectivity index is 1.74. The van der Waals surface area contributed by atoms with Gasteiger partial charge in [-0.15, -0.1) is 11.3 Å². The van der Waals surface area contributed by atoms with Crippen LogP contribution in [0.5, 0.6) is 0 Å². The number of piperazine rings is 1. The Bertz CT molecular complexity index is 589. The van der Waals surface area contributed by atoms with Crippen LogP contribution in [-0.2, 0) is 6.54 Å². The standard InChI is InChI=1S/C15H23N5S/c1-3-16-14-12-5-10-21-15(12)18-13(17-14)11-20-8-6-19(4-2)7-9-20/h5,10H,3-4,6-9,11H2,1-2H3,(H,16,17,18). The predicted octanol–water partition coefficient (Wildman–Crippen LogP) is 2.26. The van der Waals surface area contributed by atoms with E-state index in [9.17, 15) is 0 Å². The molecule has 2 aromatic rings. The van der Waals surface area contributed by atoms with E-state index in [2.05, 4.69) is 40.4 Å². The highest BCUT2D eigenvalue weighted by Gasteiger charge is 2.17. The summed E-state index contributed by atoms with van der Waals surface area (Å²) >= 11 is 1.69. The largest absolute Gasteiger partial charge is 0.370 e. The molecule has 0 bridgehead atoms. The molecule has 1 N–H and O–H groups in total. The van der Waals surface area contributed by atoms with Crippen LogP contribution in [-0.4, -0.2) is 59.0 Å². The number of nitrogens with one attached hydrogen (secondary N) is 1. The maximum atomic E-state index is 4.73. The first kappa shape index (κ1) is 14.7. The molecule has 2 aromatic heterocycles. The molecule has 0 radical (unpaired) electrons. The number of likely N-dealkylation sites (N-methyl/N-ethyl adjacent to an activating group) is 1. The van der Waals surface area contributed by atoms with Crippen molar-refractivity contribution in [1.29, 1.82) is 0 Å². The van der Waals surface area contributed by atoms with Crippen molar-refractivity contribution >= 4 is 27.4 Å². The van der Waals surface area contributed by atoms with Gasteiger partial charge in [0.1, 0.15) is 16.5 Å². The number of fused-ring (bicyclic) bond motifs is 1. The number of hydrogen-bond donors (Lipinski definition) is 1. The highest BCUT2D eigenvalue weighted by Crippen LogP contribution is 2.25. The smallest absolute Gasteiger partial charge is 0.146 e. The molecule has 114 valence electrons. The molecule has 5 nitrogen and oxygen atoms in total. The topological polar surface area (TPSA) is 44.3 Å². The second-order valence-electron chi connectivity index (χ2n) is 5.37. The maximum absolute atomic E-state index is 4.73. The first-order chi connectivity index (χ1) is 10.3. The summed E-state index contributed by atoms with van der Waals surface area (Å²) in [5.74, 6) is 1.91. The second-order valence-corrected chi connectivity index (χ2v) is 6.26. The summed E-state index contributed by atoms with van der Waals surface area (Å²) in [6.07, 6.45) is 0. The van der Waals surface area contributed by atoms with Gasteiger partial charge < -0.3 is 10.2 Å². The van der Waals surface area contributed by atoms with E-state index in [1.54, 1.807) is 11.3 Å². The minimum Gasteiger partial charge on any atom is -0.370 e. The minimum absolute atomic E-state index is 0.851. The lowest BCUT2D eigenvalue weighted by Gasteiger charge is -2.33. The lowest BCUT2D eigenvalue weighted by atomic mass is 10.3. The van der Waals surface area contributed by atoms with Gasteiger partial charge in [0.2, 0.25) is 0 Å². The summed E-state index contributed by atoms with van der Waals surface area (Å²) in [7, 11) is 0. The van der Waals surface area contributed by atoms with Gasteiger partial charge in [-0.2, -0.15) is 0 Å². The van der Waals surface area contributed by atoms with Crippen LogP contribution in [0, 0.1) is 0 Å².